The molecule has 0 spiro atoms. The summed E-state index contributed by atoms with van der Waals surface area (Å²) in [5, 5.41) is 15.9. The fourth-order valence-corrected chi connectivity index (χ4v) is 3.99. The summed E-state index contributed by atoms with van der Waals surface area (Å²) in [6.45, 7) is 0. The Hall–Kier alpha value is -4.32. The summed E-state index contributed by atoms with van der Waals surface area (Å²) >= 11 is 0. The van der Waals surface area contributed by atoms with Crippen molar-refractivity contribution in [3.8, 4) is 0 Å². The van der Waals surface area contributed by atoms with E-state index in [1.54, 1.807) is 6.20 Å². The molecule has 0 aliphatic rings. The van der Waals surface area contributed by atoms with Crippen LogP contribution < -0.4 is 5.32 Å². The van der Waals surface area contributed by atoms with Crippen LogP contribution in [0.5, 0.6) is 0 Å². The summed E-state index contributed by atoms with van der Waals surface area (Å²) in [6, 6.07) is 23.5. The molecule has 5 rings (SSSR count). The van der Waals surface area contributed by atoms with E-state index >= 15 is 0 Å². The molecule has 32 heavy (non-hydrogen) atoms. The Balaban J connectivity index is 1.51. The molecule has 4 aromatic carbocycles. The van der Waals surface area contributed by atoms with Gasteiger partial charge in [0.05, 0.1) is 22.3 Å². The predicted molar refractivity (Wildman–Crippen MR) is 124 cm³/mol. The van der Waals surface area contributed by atoms with Gasteiger partial charge in [-0.2, -0.15) is 0 Å². The summed E-state index contributed by atoms with van der Waals surface area (Å²) in [6.07, 6.45) is 1.58. The van der Waals surface area contributed by atoms with Crippen molar-refractivity contribution in [3.05, 3.63) is 96.3 Å². The normalized spacial score (nSPS) is 12.1. The van der Waals surface area contributed by atoms with E-state index in [-0.39, 0.29) is 6.42 Å². The molecule has 6 heteroatoms. The highest BCUT2D eigenvalue weighted by molar-refractivity contribution is 6.18. The Bertz CT molecular complexity index is 1440. The molecule has 5 aromatic rings. The highest BCUT2D eigenvalue weighted by Crippen LogP contribution is 2.28. The number of carboxylic acids is 1. The monoisotopic (exact) mass is 421 g/mol. The van der Waals surface area contributed by atoms with Crippen LogP contribution >= 0.6 is 0 Å². The number of amides is 1. The summed E-state index contributed by atoms with van der Waals surface area (Å²) < 4.78 is 0. The van der Waals surface area contributed by atoms with Crippen LogP contribution in [0, 0.1) is 0 Å². The maximum atomic E-state index is 13.4. The number of carbonyl (C=O) groups is 2. The molecule has 0 saturated heterocycles. The van der Waals surface area contributed by atoms with E-state index in [4.69, 9.17) is 0 Å². The number of aromatic nitrogens is 2. The van der Waals surface area contributed by atoms with E-state index in [0.29, 0.717) is 16.8 Å². The minimum atomic E-state index is -1.14. The van der Waals surface area contributed by atoms with Crippen LogP contribution in [0.3, 0.4) is 0 Å². The largest absolute Gasteiger partial charge is 0.480 e. The number of carboxylic acid groups (broad SMARTS) is 1. The third kappa shape index (κ3) is 3.63. The second kappa shape index (κ2) is 8.07. The number of aliphatic carboxylic acids is 1. The number of hydrogen-bond donors (Lipinski definition) is 2. The molecule has 1 heterocycles. The number of nitrogens with one attached hydrogen (secondary N) is 1. The van der Waals surface area contributed by atoms with Gasteiger partial charge in [-0.15, -0.1) is 0 Å². The zero-order valence-corrected chi connectivity index (χ0v) is 17.0. The van der Waals surface area contributed by atoms with Crippen molar-refractivity contribution in [2.45, 2.75) is 12.5 Å². The lowest BCUT2D eigenvalue weighted by Crippen LogP contribution is -2.42. The third-order valence-electron chi connectivity index (χ3n) is 5.51. The zero-order chi connectivity index (χ0) is 22.1. The quantitative estimate of drug-likeness (QED) is 0.411. The number of hydrogen-bond acceptors (Lipinski definition) is 4. The number of nitrogens with zero attached hydrogens (tertiary/aromatic N) is 2. The van der Waals surface area contributed by atoms with E-state index in [1.165, 1.54) is 0 Å². The van der Waals surface area contributed by atoms with Gasteiger partial charge in [0, 0.05) is 12.6 Å². The average Bonchev–Trinajstić information content (AvgIpc) is 2.81. The minimum absolute atomic E-state index is 0.0294. The number of carbonyl (C=O) groups excluding carboxylic acids is 1. The maximum Gasteiger partial charge on any atom is 0.326 e. The van der Waals surface area contributed by atoms with Gasteiger partial charge in [-0.1, -0.05) is 60.7 Å². The fraction of sp³-hybridized carbons (Fsp3) is 0.0769. The molecule has 156 valence electrons. The average molecular weight is 421 g/mol. The highest BCUT2D eigenvalue weighted by atomic mass is 16.4. The van der Waals surface area contributed by atoms with Crippen LogP contribution in [0.2, 0.25) is 0 Å². The molecular formula is C26H19N3O3. The standard InChI is InChI=1S/C26H19N3O3/c30-25(24-19-9-3-1-7-16(19)13-17-8-2-4-10-20(17)24)29-23(26(31)32)14-18-15-27-21-11-5-6-12-22(21)28-18/h1-13,15,23H,14H2,(H,29,30)(H,31,32)/t23-/m0/s1. The van der Waals surface area contributed by atoms with Gasteiger partial charge < -0.3 is 10.4 Å². The predicted octanol–water partition coefficient (Wildman–Crippen LogP) is 4.36. The van der Waals surface area contributed by atoms with E-state index < -0.39 is 17.9 Å². The number of benzene rings is 4. The maximum absolute atomic E-state index is 13.4. The zero-order valence-electron chi connectivity index (χ0n) is 17.0. The molecule has 1 atom stereocenters. The number of para-hydroxylation sites is 2. The van der Waals surface area contributed by atoms with Crippen LogP contribution in [0.15, 0.2) is 85.1 Å². The van der Waals surface area contributed by atoms with Crippen LogP contribution in [0.1, 0.15) is 16.1 Å². The van der Waals surface area contributed by atoms with Gasteiger partial charge in [-0.3, -0.25) is 9.78 Å². The Morgan fingerprint density at radius 1 is 0.844 bits per heavy atom. The van der Waals surface area contributed by atoms with Gasteiger partial charge >= 0.3 is 5.97 Å². The van der Waals surface area contributed by atoms with Gasteiger partial charge in [0.25, 0.3) is 5.91 Å². The van der Waals surface area contributed by atoms with Crippen molar-refractivity contribution in [1.29, 1.82) is 0 Å². The van der Waals surface area contributed by atoms with Crippen molar-refractivity contribution in [1.82, 2.24) is 15.3 Å². The smallest absolute Gasteiger partial charge is 0.326 e. The van der Waals surface area contributed by atoms with Crippen LogP contribution in [0.25, 0.3) is 32.6 Å². The molecule has 1 amide bonds. The number of rotatable bonds is 5. The SMILES string of the molecule is O=C(N[C@@H](Cc1cnc2ccccc2n1)C(=O)O)c1c2ccccc2cc2ccccc12. The van der Waals surface area contributed by atoms with Gasteiger partial charge in [0.15, 0.2) is 0 Å². The van der Waals surface area contributed by atoms with Crippen molar-refractivity contribution in [2.24, 2.45) is 0 Å². The molecule has 2 N–H and O–H groups in total. The second-order valence-corrected chi connectivity index (χ2v) is 7.61. The van der Waals surface area contributed by atoms with Crippen molar-refractivity contribution in [2.75, 3.05) is 0 Å². The first kappa shape index (κ1) is 19.6. The summed E-state index contributed by atoms with van der Waals surface area (Å²) in [4.78, 5) is 34.2. The Morgan fingerprint density at radius 2 is 1.44 bits per heavy atom. The lowest BCUT2D eigenvalue weighted by molar-refractivity contribution is -0.139. The van der Waals surface area contributed by atoms with Gasteiger partial charge in [-0.25, -0.2) is 9.78 Å². The molecule has 0 saturated carbocycles. The lowest BCUT2D eigenvalue weighted by atomic mass is 9.96. The fourth-order valence-electron chi connectivity index (χ4n) is 3.99. The topological polar surface area (TPSA) is 92.2 Å². The second-order valence-electron chi connectivity index (χ2n) is 7.61. The molecule has 1 aromatic heterocycles. The molecular weight excluding hydrogens is 402 g/mol. The van der Waals surface area contributed by atoms with Gasteiger partial charge in [0.2, 0.25) is 0 Å². The van der Waals surface area contributed by atoms with E-state index in [2.05, 4.69) is 15.3 Å². The van der Waals surface area contributed by atoms with Gasteiger partial charge in [-0.05, 0) is 39.7 Å². The Kier molecular flexibility index (Phi) is 4.95. The summed E-state index contributed by atoms with van der Waals surface area (Å²) in [7, 11) is 0. The van der Waals surface area contributed by atoms with E-state index in [1.807, 2.05) is 78.9 Å². The molecule has 0 radical (unpaired) electrons. The van der Waals surface area contributed by atoms with Crippen molar-refractivity contribution >= 4 is 44.5 Å². The Labute approximate surface area is 183 Å². The van der Waals surface area contributed by atoms with E-state index in [9.17, 15) is 14.7 Å². The highest BCUT2D eigenvalue weighted by Gasteiger charge is 2.24. The summed E-state index contributed by atoms with van der Waals surface area (Å²) in [5.74, 6) is -1.56. The minimum Gasteiger partial charge on any atom is -0.480 e. The third-order valence-corrected chi connectivity index (χ3v) is 5.51. The van der Waals surface area contributed by atoms with Crippen LogP contribution in [0.4, 0.5) is 0 Å². The molecule has 0 bridgehead atoms. The van der Waals surface area contributed by atoms with Crippen LogP contribution in [-0.4, -0.2) is 33.0 Å². The lowest BCUT2D eigenvalue weighted by Gasteiger charge is -2.17. The molecule has 0 aliphatic carbocycles. The molecule has 0 aliphatic heterocycles. The molecule has 0 unspecified atom stereocenters. The van der Waals surface area contributed by atoms with Crippen LogP contribution in [-0.2, 0) is 11.2 Å². The van der Waals surface area contributed by atoms with Crippen molar-refractivity contribution in [3.63, 3.8) is 0 Å². The van der Waals surface area contributed by atoms with Gasteiger partial charge in [0.1, 0.15) is 6.04 Å². The molecule has 6 nitrogen and oxygen atoms in total. The number of fused-ring (bicyclic) bond motifs is 3. The summed E-state index contributed by atoms with van der Waals surface area (Å²) in [5.41, 5.74) is 2.38. The Morgan fingerprint density at radius 3 is 2.09 bits per heavy atom. The first-order valence-corrected chi connectivity index (χ1v) is 10.2. The van der Waals surface area contributed by atoms with Crippen molar-refractivity contribution < 1.29 is 14.7 Å². The first-order chi connectivity index (χ1) is 15.6. The van der Waals surface area contributed by atoms with E-state index in [0.717, 1.165) is 27.1 Å². The molecule has 0 fully saturated rings. The first-order valence-electron chi connectivity index (χ1n) is 10.2.